The van der Waals surface area contributed by atoms with Crippen LogP contribution in [0.5, 0.6) is 0 Å². The second-order valence-electron chi connectivity index (χ2n) is 6.37. The van der Waals surface area contributed by atoms with Crippen LogP contribution in [0.1, 0.15) is 80.1 Å². The molecule has 0 heterocycles. The van der Waals surface area contributed by atoms with Gasteiger partial charge in [0.25, 0.3) is 0 Å². The third kappa shape index (κ3) is 4.74. The van der Waals surface area contributed by atoms with Gasteiger partial charge in [0.2, 0.25) is 0 Å². The smallest absolute Gasteiger partial charge is 1.00 e. The number of hydrogen-bond acceptors (Lipinski definition) is 0. The zero-order valence-corrected chi connectivity index (χ0v) is 19.5. The number of allylic oxidation sites excluding steroid dienone is 8. The van der Waals surface area contributed by atoms with Gasteiger partial charge in [-0.25, -0.2) is 0 Å². The predicted molar refractivity (Wildman–Crippen MR) is 89.9 cm³/mol. The van der Waals surface area contributed by atoms with Crippen molar-refractivity contribution in [2.45, 2.75) is 80.1 Å². The third-order valence-electron chi connectivity index (χ3n) is 5.11. The van der Waals surface area contributed by atoms with Gasteiger partial charge in [-0.2, -0.15) is 0 Å². The maximum atomic E-state index is 2.37. The van der Waals surface area contributed by atoms with Gasteiger partial charge in [0.05, 0.1) is 0 Å². The summed E-state index contributed by atoms with van der Waals surface area (Å²) in [6.45, 7) is 14.1. The van der Waals surface area contributed by atoms with E-state index in [1.54, 1.807) is 33.4 Å². The van der Waals surface area contributed by atoms with Crippen LogP contribution in [0.15, 0.2) is 40.0 Å². The van der Waals surface area contributed by atoms with Crippen molar-refractivity contribution in [3.05, 3.63) is 40.0 Å². The van der Waals surface area contributed by atoms with E-state index >= 15 is 0 Å². The molecule has 2 aliphatic rings. The Balaban J connectivity index is 0.00000242. The number of hydrogen-bond donors (Lipinski definition) is 0. The van der Waals surface area contributed by atoms with Crippen molar-refractivity contribution >= 4 is 0 Å². The van der Waals surface area contributed by atoms with Crippen LogP contribution in [-0.4, -0.2) is 0 Å². The zero-order chi connectivity index (χ0) is 15.6. The van der Waals surface area contributed by atoms with Crippen molar-refractivity contribution in [1.82, 2.24) is 0 Å². The van der Waals surface area contributed by atoms with Crippen LogP contribution in [0, 0.1) is 0 Å². The Morgan fingerprint density at radius 3 is 1.26 bits per heavy atom. The molecule has 0 aliphatic heterocycles. The molecule has 0 saturated carbocycles. The second-order valence-corrected chi connectivity index (χ2v) is 9.44. The summed E-state index contributed by atoms with van der Waals surface area (Å²) in [5.41, 5.74) is 10.4. The minimum atomic E-state index is -0.624. The minimum absolute atomic E-state index is 0. The van der Waals surface area contributed by atoms with E-state index in [0.29, 0.717) is 0 Å². The van der Waals surface area contributed by atoms with Gasteiger partial charge >= 0.3 is 143 Å². The van der Waals surface area contributed by atoms with E-state index in [2.05, 4.69) is 41.5 Å². The van der Waals surface area contributed by atoms with E-state index in [1.165, 1.54) is 38.5 Å². The predicted octanol–water partition coefficient (Wildman–Crippen LogP) is 0.666. The first kappa shape index (κ1) is 23.4. The molecule has 0 radical (unpaired) electrons. The van der Waals surface area contributed by atoms with Gasteiger partial charge in [-0.15, -0.1) is 0 Å². The first-order valence-electron chi connectivity index (χ1n) is 8.66. The average Bonchev–Trinajstić information content (AvgIpc) is 2.95. The molecule has 0 atom stereocenters. The summed E-state index contributed by atoms with van der Waals surface area (Å²) in [6.07, 6.45) is 7.55. The summed E-state index contributed by atoms with van der Waals surface area (Å²) in [5, 5.41) is 0. The molecule has 2 aliphatic carbocycles. The van der Waals surface area contributed by atoms with Crippen LogP contribution in [0.4, 0.5) is 0 Å². The van der Waals surface area contributed by atoms with Crippen molar-refractivity contribution in [2.24, 2.45) is 0 Å². The molecule has 0 aromatic heterocycles. The minimum Gasteiger partial charge on any atom is -1.00 e. The van der Waals surface area contributed by atoms with E-state index in [4.69, 9.17) is 0 Å². The topological polar surface area (TPSA) is 0 Å². The Morgan fingerprint density at radius 2 is 1.00 bits per heavy atom. The SMILES string of the molecule is CCC1=[C]([Zr+2][C]2=C(CC)CC(C)=C2CC)C(CC)=C(C)C1.[Cl-].[Cl-]. The molecule has 23 heavy (non-hydrogen) atoms. The quantitative estimate of drug-likeness (QED) is 0.579. The van der Waals surface area contributed by atoms with Crippen LogP contribution in [0.2, 0.25) is 0 Å². The molecular weight excluding hydrogens is 402 g/mol. The summed E-state index contributed by atoms with van der Waals surface area (Å²) in [5.74, 6) is 0. The maximum absolute atomic E-state index is 2.37. The average molecular weight is 433 g/mol. The Bertz CT molecular complexity index is 512. The molecule has 0 saturated heterocycles. The largest absolute Gasteiger partial charge is 1.00 e. The molecule has 2 rings (SSSR count). The standard InChI is InChI=1S/2C10H15.2ClH.Zr/c2*1-4-9-6-8(3)10(5-2)7-9;;;/h2*4-6H2,1-3H3;2*1H;/q;;;;+2/p-2. The van der Waals surface area contributed by atoms with Crippen LogP contribution in [0.25, 0.3) is 0 Å². The van der Waals surface area contributed by atoms with Gasteiger partial charge in [0, 0.05) is 0 Å². The van der Waals surface area contributed by atoms with E-state index in [0.717, 1.165) is 0 Å². The Kier molecular flexibility index (Phi) is 10.6. The zero-order valence-electron chi connectivity index (χ0n) is 15.5. The van der Waals surface area contributed by atoms with Crippen LogP contribution in [0.3, 0.4) is 0 Å². The van der Waals surface area contributed by atoms with Gasteiger partial charge in [-0.3, -0.25) is 0 Å². The molecule has 0 aromatic rings. The van der Waals surface area contributed by atoms with Gasteiger partial charge in [-0.05, 0) is 0 Å². The Hall–Kier alpha value is 0.423. The van der Waals surface area contributed by atoms with Crippen molar-refractivity contribution < 1.29 is 48.0 Å². The summed E-state index contributed by atoms with van der Waals surface area (Å²) in [7, 11) is 0. The van der Waals surface area contributed by atoms with Gasteiger partial charge in [0.1, 0.15) is 0 Å². The first-order valence-corrected chi connectivity index (χ1v) is 11.1. The first-order chi connectivity index (χ1) is 10.1. The van der Waals surface area contributed by atoms with Crippen molar-refractivity contribution in [2.75, 3.05) is 0 Å². The van der Waals surface area contributed by atoms with Crippen LogP contribution >= 0.6 is 0 Å². The second kappa shape index (κ2) is 10.4. The summed E-state index contributed by atoms with van der Waals surface area (Å²) >= 11 is -0.624. The van der Waals surface area contributed by atoms with E-state index in [9.17, 15) is 0 Å². The number of rotatable bonds is 6. The fraction of sp³-hybridized carbons (Fsp3) is 0.600. The Labute approximate surface area is 167 Å². The molecule has 0 N–H and O–H groups in total. The fourth-order valence-electron chi connectivity index (χ4n) is 3.90. The van der Waals surface area contributed by atoms with Crippen molar-refractivity contribution in [3.8, 4) is 0 Å². The van der Waals surface area contributed by atoms with Gasteiger partial charge < -0.3 is 24.8 Å². The summed E-state index contributed by atoms with van der Waals surface area (Å²) in [4.78, 5) is 0. The molecule has 0 bridgehead atoms. The fourth-order valence-corrected chi connectivity index (χ4v) is 9.34. The molecular formula is C20H30Cl2Zr. The number of halogens is 2. The molecule has 0 unspecified atom stereocenters. The van der Waals surface area contributed by atoms with E-state index in [-0.39, 0.29) is 24.8 Å². The normalized spacial score (nSPS) is 17.7. The monoisotopic (exact) mass is 430 g/mol. The Morgan fingerprint density at radius 1 is 0.652 bits per heavy atom. The van der Waals surface area contributed by atoms with Gasteiger partial charge in [0.15, 0.2) is 0 Å². The molecule has 0 fully saturated rings. The van der Waals surface area contributed by atoms with Crippen LogP contribution < -0.4 is 24.8 Å². The van der Waals surface area contributed by atoms with Crippen molar-refractivity contribution in [3.63, 3.8) is 0 Å². The van der Waals surface area contributed by atoms with E-state index < -0.39 is 23.2 Å². The summed E-state index contributed by atoms with van der Waals surface area (Å²) in [6, 6.07) is 0. The molecule has 0 aromatic carbocycles. The molecule has 0 nitrogen and oxygen atoms in total. The van der Waals surface area contributed by atoms with Crippen LogP contribution in [-0.2, 0) is 23.2 Å². The van der Waals surface area contributed by atoms with Crippen molar-refractivity contribution in [1.29, 1.82) is 0 Å². The molecule has 0 spiro atoms. The molecule has 0 amide bonds. The maximum Gasteiger partial charge on any atom is -1.00 e. The van der Waals surface area contributed by atoms with Gasteiger partial charge in [-0.1, -0.05) is 0 Å². The molecule has 128 valence electrons. The molecule has 3 heteroatoms. The summed E-state index contributed by atoms with van der Waals surface area (Å²) < 4.78 is 3.73. The van der Waals surface area contributed by atoms with E-state index in [1.807, 2.05) is 6.56 Å². The third-order valence-corrected chi connectivity index (χ3v) is 9.56.